The van der Waals surface area contributed by atoms with Crippen molar-refractivity contribution >= 4 is 11.6 Å². The summed E-state index contributed by atoms with van der Waals surface area (Å²) in [6, 6.07) is 11.5. The summed E-state index contributed by atoms with van der Waals surface area (Å²) in [6.45, 7) is 1.46. The molecule has 0 saturated carbocycles. The summed E-state index contributed by atoms with van der Waals surface area (Å²) >= 11 is 6.06. The molecule has 0 N–H and O–H groups in total. The molecule has 0 aliphatic carbocycles. The molecule has 0 spiro atoms. The smallest absolute Gasteiger partial charge is 0.355 e. The zero-order valence-electron chi connectivity index (χ0n) is 15.7. The van der Waals surface area contributed by atoms with E-state index in [0.29, 0.717) is 4.68 Å². The fourth-order valence-electron chi connectivity index (χ4n) is 3.23. The Morgan fingerprint density at radius 3 is 2.58 bits per heavy atom. The van der Waals surface area contributed by atoms with E-state index in [1.54, 1.807) is 0 Å². The van der Waals surface area contributed by atoms with Gasteiger partial charge in [0.25, 0.3) is 0 Å². The van der Waals surface area contributed by atoms with Crippen LogP contribution >= 0.6 is 11.6 Å². The second kappa shape index (κ2) is 7.56. The summed E-state index contributed by atoms with van der Waals surface area (Å²) in [5.41, 5.74) is -1.18. The molecule has 0 amide bonds. The number of nitriles is 1. The first-order valence-electron chi connectivity index (χ1n) is 8.79. The van der Waals surface area contributed by atoms with Crippen molar-refractivity contribution < 1.29 is 22.1 Å². The molecule has 31 heavy (non-hydrogen) atoms. The van der Waals surface area contributed by atoms with Gasteiger partial charge in [0, 0.05) is 5.56 Å². The highest BCUT2D eigenvalue weighted by Gasteiger charge is 2.40. The summed E-state index contributed by atoms with van der Waals surface area (Å²) in [5, 5.41) is 16.7. The number of hydrogen-bond donors (Lipinski definition) is 0. The third kappa shape index (κ3) is 3.55. The summed E-state index contributed by atoms with van der Waals surface area (Å²) in [6.07, 6.45) is -3.83. The first kappa shape index (κ1) is 20.6. The highest BCUT2D eigenvalue weighted by molar-refractivity contribution is 6.33. The molecule has 2 heterocycles. The van der Waals surface area contributed by atoms with Crippen molar-refractivity contribution in [2.45, 2.75) is 13.1 Å². The van der Waals surface area contributed by atoms with Crippen LogP contribution in [0.15, 0.2) is 53.2 Å². The minimum atomic E-state index is -4.82. The lowest BCUT2D eigenvalue weighted by molar-refractivity contribution is -0.142. The molecule has 0 unspecified atom stereocenters. The summed E-state index contributed by atoms with van der Waals surface area (Å²) in [5.74, 6) is -0.903. The quantitative estimate of drug-likeness (QED) is 0.352. The van der Waals surface area contributed by atoms with Crippen LogP contribution in [0.4, 0.5) is 17.6 Å². The van der Waals surface area contributed by atoms with Gasteiger partial charge in [0.2, 0.25) is 0 Å². The predicted octanol–water partition coefficient (Wildman–Crippen LogP) is 6.19. The first-order valence-corrected chi connectivity index (χ1v) is 9.17. The molecule has 156 valence electrons. The molecule has 0 atom stereocenters. The Bertz CT molecular complexity index is 1310. The Morgan fingerprint density at radius 1 is 1.16 bits per heavy atom. The Labute approximate surface area is 178 Å². The zero-order chi connectivity index (χ0) is 22.3. The maximum Gasteiger partial charge on any atom is 0.434 e. The minimum Gasteiger partial charge on any atom is -0.355 e. The van der Waals surface area contributed by atoms with Crippen LogP contribution in [-0.2, 0) is 6.18 Å². The van der Waals surface area contributed by atoms with E-state index in [0.717, 1.165) is 12.3 Å². The molecule has 4 rings (SSSR count). The van der Waals surface area contributed by atoms with Gasteiger partial charge in [-0.05, 0) is 37.3 Å². The van der Waals surface area contributed by atoms with Gasteiger partial charge in [-0.1, -0.05) is 28.9 Å². The Hall–Kier alpha value is -3.64. The molecule has 0 aliphatic rings. The molecule has 0 aliphatic heterocycles. The second-order valence-electron chi connectivity index (χ2n) is 6.56. The minimum absolute atomic E-state index is 0.00884. The number of nitrogens with zero attached hydrogens (tertiary/aromatic N) is 4. The number of rotatable bonds is 3. The Kier molecular flexibility index (Phi) is 5.03. The molecule has 0 bridgehead atoms. The van der Waals surface area contributed by atoms with Gasteiger partial charge in [0.1, 0.15) is 11.5 Å². The van der Waals surface area contributed by atoms with Crippen LogP contribution in [0, 0.1) is 24.1 Å². The van der Waals surface area contributed by atoms with Crippen LogP contribution in [0.25, 0.3) is 28.3 Å². The van der Waals surface area contributed by atoms with E-state index in [2.05, 4.69) is 10.3 Å². The van der Waals surface area contributed by atoms with Crippen LogP contribution in [0.2, 0.25) is 5.02 Å². The third-order valence-electron chi connectivity index (χ3n) is 4.63. The average molecular weight is 447 g/mol. The third-order valence-corrected chi connectivity index (χ3v) is 4.94. The largest absolute Gasteiger partial charge is 0.434 e. The lowest BCUT2D eigenvalue weighted by atomic mass is 10.0. The van der Waals surface area contributed by atoms with Crippen LogP contribution < -0.4 is 0 Å². The van der Waals surface area contributed by atoms with Gasteiger partial charge in [-0.25, -0.2) is 9.07 Å². The van der Waals surface area contributed by atoms with Gasteiger partial charge in [0.05, 0.1) is 39.7 Å². The fourth-order valence-corrected chi connectivity index (χ4v) is 3.49. The van der Waals surface area contributed by atoms with Crippen molar-refractivity contribution in [3.8, 4) is 34.3 Å². The maximum absolute atomic E-state index is 14.3. The van der Waals surface area contributed by atoms with Crippen LogP contribution in [0.5, 0.6) is 0 Å². The van der Waals surface area contributed by atoms with Gasteiger partial charge in [0.15, 0.2) is 11.5 Å². The van der Waals surface area contributed by atoms with E-state index in [1.807, 2.05) is 6.07 Å². The van der Waals surface area contributed by atoms with Crippen molar-refractivity contribution in [2.75, 3.05) is 0 Å². The van der Waals surface area contributed by atoms with Gasteiger partial charge in [-0.15, -0.1) is 0 Å². The van der Waals surface area contributed by atoms with Crippen LogP contribution in [0.3, 0.4) is 0 Å². The number of benzene rings is 2. The van der Waals surface area contributed by atoms with E-state index < -0.39 is 17.7 Å². The van der Waals surface area contributed by atoms with Gasteiger partial charge in [-0.3, -0.25) is 0 Å². The summed E-state index contributed by atoms with van der Waals surface area (Å²) < 4.78 is 62.2. The number of aromatic nitrogens is 3. The van der Waals surface area contributed by atoms with Crippen LogP contribution in [0.1, 0.15) is 16.8 Å². The van der Waals surface area contributed by atoms with E-state index in [4.69, 9.17) is 21.4 Å². The lowest BCUT2D eigenvalue weighted by Gasteiger charge is -2.12. The topological polar surface area (TPSA) is 67.6 Å². The second-order valence-corrected chi connectivity index (χ2v) is 6.97. The molecule has 2 aromatic heterocycles. The standard InChI is InChI=1S/C21H11ClF4N4O/c1-11-18(17-15(22)6-3-7-16(17)23)29-31-19(11)14-10-28-30(20(14)21(24,25)26)13-5-2-4-12(8-13)9-27/h2-8,10H,1H3. The summed E-state index contributed by atoms with van der Waals surface area (Å²) in [7, 11) is 0. The average Bonchev–Trinajstić information content (AvgIpc) is 3.32. The normalized spacial score (nSPS) is 11.5. The lowest BCUT2D eigenvalue weighted by Crippen LogP contribution is -2.14. The maximum atomic E-state index is 14.3. The Morgan fingerprint density at radius 2 is 1.90 bits per heavy atom. The van der Waals surface area contributed by atoms with E-state index >= 15 is 0 Å². The van der Waals surface area contributed by atoms with Crippen molar-refractivity contribution in [2.24, 2.45) is 0 Å². The monoisotopic (exact) mass is 446 g/mol. The summed E-state index contributed by atoms with van der Waals surface area (Å²) in [4.78, 5) is 0. The molecule has 10 heteroatoms. The molecule has 5 nitrogen and oxygen atoms in total. The molecular weight excluding hydrogens is 436 g/mol. The molecule has 0 fully saturated rings. The molecule has 0 saturated heterocycles. The van der Waals surface area contributed by atoms with E-state index in [1.165, 1.54) is 43.3 Å². The van der Waals surface area contributed by atoms with Gasteiger partial charge in [-0.2, -0.15) is 23.5 Å². The molecular formula is C21H11ClF4N4O. The van der Waals surface area contributed by atoms with E-state index in [9.17, 15) is 17.6 Å². The SMILES string of the molecule is Cc1c(-c2c(F)cccc2Cl)noc1-c1cnn(-c2cccc(C#N)c2)c1C(F)(F)F. The van der Waals surface area contributed by atoms with Crippen molar-refractivity contribution in [1.82, 2.24) is 14.9 Å². The first-order chi connectivity index (χ1) is 14.7. The predicted molar refractivity (Wildman–Crippen MR) is 104 cm³/mol. The highest BCUT2D eigenvalue weighted by atomic mass is 35.5. The van der Waals surface area contributed by atoms with Gasteiger partial charge < -0.3 is 4.52 Å². The number of halogens is 5. The fraction of sp³-hybridized carbons (Fsp3) is 0.0952. The highest BCUT2D eigenvalue weighted by Crippen LogP contribution is 2.42. The van der Waals surface area contributed by atoms with Crippen molar-refractivity contribution in [3.05, 3.63) is 76.3 Å². The zero-order valence-corrected chi connectivity index (χ0v) is 16.5. The molecule has 2 aromatic carbocycles. The van der Waals surface area contributed by atoms with Gasteiger partial charge >= 0.3 is 6.18 Å². The number of alkyl halides is 3. The number of hydrogen-bond acceptors (Lipinski definition) is 4. The van der Waals surface area contributed by atoms with Crippen molar-refractivity contribution in [1.29, 1.82) is 5.26 Å². The van der Waals surface area contributed by atoms with Crippen LogP contribution in [-0.4, -0.2) is 14.9 Å². The van der Waals surface area contributed by atoms with Crippen molar-refractivity contribution in [3.63, 3.8) is 0 Å². The molecule has 4 aromatic rings. The molecule has 0 radical (unpaired) electrons. The Balaban J connectivity index is 1.92. The van der Waals surface area contributed by atoms with E-state index in [-0.39, 0.29) is 44.4 Å².